The van der Waals surface area contributed by atoms with Crippen molar-refractivity contribution in [2.24, 2.45) is 4.99 Å². The third-order valence-electron chi connectivity index (χ3n) is 6.66. The van der Waals surface area contributed by atoms with Crippen molar-refractivity contribution < 1.29 is 19.0 Å². The second-order valence-corrected chi connectivity index (χ2v) is 11.4. The molecule has 7 nitrogen and oxygen atoms in total. The molecule has 0 bridgehead atoms. The van der Waals surface area contributed by atoms with Crippen LogP contribution in [0.4, 0.5) is 0 Å². The maximum absolute atomic E-state index is 14.1. The number of rotatable bonds is 8. The SMILES string of the molecule is CCOc1ccc([C@@H]2C(C(=O)OC(C)C)=C(C)N=c3s/c(=C/c4ccc(OC(C)C)c5ccccc45)c(=O)n32)cc1. The predicted octanol–water partition coefficient (Wildman–Crippen LogP) is 5.53. The Bertz CT molecular complexity index is 1810. The number of hydrogen-bond acceptors (Lipinski definition) is 7. The van der Waals surface area contributed by atoms with Crippen molar-refractivity contribution in [3.05, 3.63) is 103 Å². The molecule has 1 aliphatic rings. The standard InChI is InChI=1S/C33H34N2O5S/c1-7-38-24-15-12-22(13-16-24)30-29(32(37)40-20(4)5)21(6)34-33-35(30)31(36)28(41-33)18-23-14-17-27(39-19(2)3)26-11-9-8-10-25(23)26/h8-20,30H,7H2,1-6H3/b28-18+/t30-/m1/s1. The van der Waals surface area contributed by atoms with E-state index in [1.54, 1.807) is 25.3 Å². The number of carbonyl (C=O) groups excluding carboxylic acids is 1. The Hall–Kier alpha value is -4.17. The first-order chi connectivity index (χ1) is 19.7. The molecule has 0 spiro atoms. The molecule has 0 fully saturated rings. The first kappa shape index (κ1) is 28.4. The average molecular weight is 571 g/mol. The lowest BCUT2D eigenvalue weighted by Gasteiger charge is -2.25. The molecular formula is C33H34N2O5S. The summed E-state index contributed by atoms with van der Waals surface area (Å²) in [6.07, 6.45) is 1.62. The minimum atomic E-state index is -0.686. The van der Waals surface area contributed by atoms with E-state index in [1.807, 2.05) is 87.5 Å². The average Bonchev–Trinajstić information content (AvgIpc) is 3.23. The molecule has 0 radical (unpaired) electrons. The van der Waals surface area contributed by atoms with E-state index in [0.717, 1.165) is 27.6 Å². The molecule has 1 aromatic heterocycles. The van der Waals surface area contributed by atoms with Crippen LogP contribution in [-0.4, -0.2) is 29.4 Å². The molecule has 41 heavy (non-hydrogen) atoms. The largest absolute Gasteiger partial charge is 0.494 e. The number of aromatic nitrogens is 1. The fourth-order valence-electron chi connectivity index (χ4n) is 5.01. The Morgan fingerprint density at radius 3 is 2.37 bits per heavy atom. The summed E-state index contributed by atoms with van der Waals surface area (Å²) >= 11 is 1.31. The van der Waals surface area contributed by atoms with Crippen LogP contribution in [0.15, 0.2) is 81.7 Å². The molecule has 8 heteroatoms. The van der Waals surface area contributed by atoms with Gasteiger partial charge >= 0.3 is 5.97 Å². The van der Waals surface area contributed by atoms with Gasteiger partial charge in [0.1, 0.15) is 11.5 Å². The Kier molecular flexibility index (Phi) is 8.13. The number of fused-ring (bicyclic) bond motifs is 2. The predicted molar refractivity (Wildman–Crippen MR) is 162 cm³/mol. The number of allylic oxidation sites excluding steroid dienone is 1. The topological polar surface area (TPSA) is 79.1 Å². The molecule has 3 aromatic carbocycles. The van der Waals surface area contributed by atoms with Crippen molar-refractivity contribution in [2.75, 3.05) is 6.61 Å². The van der Waals surface area contributed by atoms with E-state index >= 15 is 0 Å². The first-order valence-electron chi connectivity index (χ1n) is 13.8. The van der Waals surface area contributed by atoms with E-state index in [4.69, 9.17) is 19.2 Å². The highest BCUT2D eigenvalue weighted by Crippen LogP contribution is 2.33. The zero-order chi connectivity index (χ0) is 29.3. The number of esters is 1. The summed E-state index contributed by atoms with van der Waals surface area (Å²) in [5.41, 5.74) is 2.33. The lowest BCUT2D eigenvalue weighted by molar-refractivity contribution is -0.143. The van der Waals surface area contributed by atoms with Crippen molar-refractivity contribution in [1.82, 2.24) is 4.57 Å². The van der Waals surface area contributed by atoms with E-state index < -0.39 is 12.0 Å². The number of hydrogen-bond donors (Lipinski definition) is 0. The van der Waals surface area contributed by atoms with Crippen molar-refractivity contribution in [3.8, 4) is 11.5 Å². The number of ether oxygens (including phenoxy) is 3. The van der Waals surface area contributed by atoms with Gasteiger partial charge < -0.3 is 14.2 Å². The molecule has 4 aromatic rings. The third kappa shape index (κ3) is 5.70. The Morgan fingerprint density at radius 2 is 1.71 bits per heavy atom. The molecule has 0 N–H and O–H groups in total. The second-order valence-electron chi connectivity index (χ2n) is 10.4. The molecule has 0 saturated carbocycles. The van der Waals surface area contributed by atoms with Crippen LogP contribution in [0.3, 0.4) is 0 Å². The van der Waals surface area contributed by atoms with Crippen LogP contribution in [0.5, 0.6) is 11.5 Å². The summed E-state index contributed by atoms with van der Waals surface area (Å²) in [6.45, 7) is 11.9. The van der Waals surface area contributed by atoms with Crippen LogP contribution in [-0.2, 0) is 9.53 Å². The minimum Gasteiger partial charge on any atom is -0.494 e. The molecule has 0 unspecified atom stereocenters. The Balaban J connectivity index is 1.69. The van der Waals surface area contributed by atoms with E-state index in [1.165, 1.54) is 11.3 Å². The van der Waals surface area contributed by atoms with Crippen molar-refractivity contribution in [3.63, 3.8) is 0 Å². The molecule has 2 heterocycles. The molecule has 1 aliphatic heterocycles. The van der Waals surface area contributed by atoms with Crippen molar-refractivity contribution in [2.45, 2.75) is 59.8 Å². The van der Waals surface area contributed by atoms with Gasteiger partial charge in [0.15, 0.2) is 4.80 Å². The Labute approximate surface area is 243 Å². The molecule has 0 amide bonds. The van der Waals surface area contributed by atoms with Gasteiger partial charge in [-0.1, -0.05) is 53.8 Å². The van der Waals surface area contributed by atoms with Crippen molar-refractivity contribution in [1.29, 1.82) is 0 Å². The van der Waals surface area contributed by atoms with Crippen LogP contribution >= 0.6 is 11.3 Å². The van der Waals surface area contributed by atoms with Crippen LogP contribution in [0.25, 0.3) is 16.8 Å². The van der Waals surface area contributed by atoms with Crippen molar-refractivity contribution >= 4 is 34.2 Å². The van der Waals surface area contributed by atoms with Gasteiger partial charge in [-0.2, -0.15) is 0 Å². The summed E-state index contributed by atoms with van der Waals surface area (Å²) in [6, 6.07) is 18.7. The minimum absolute atomic E-state index is 0.0374. The number of nitrogens with zero attached hydrogens (tertiary/aromatic N) is 2. The maximum Gasteiger partial charge on any atom is 0.338 e. The number of benzene rings is 3. The van der Waals surface area contributed by atoms with Gasteiger partial charge in [0.2, 0.25) is 0 Å². The highest BCUT2D eigenvalue weighted by molar-refractivity contribution is 7.07. The van der Waals surface area contributed by atoms with E-state index in [0.29, 0.717) is 33.0 Å². The highest BCUT2D eigenvalue weighted by Gasteiger charge is 2.33. The normalized spacial score (nSPS) is 15.3. The number of carbonyl (C=O) groups is 1. The molecule has 0 saturated heterocycles. The number of thiazole rings is 1. The lowest BCUT2D eigenvalue weighted by Crippen LogP contribution is -2.40. The molecule has 0 aliphatic carbocycles. The molecule has 1 atom stereocenters. The van der Waals surface area contributed by atoms with Gasteiger partial charge in [0.05, 0.1) is 40.7 Å². The zero-order valence-corrected chi connectivity index (χ0v) is 25.0. The maximum atomic E-state index is 14.1. The molecular weight excluding hydrogens is 536 g/mol. The zero-order valence-electron chi connectivity index (χ0n) is 24.1. The van der Waals surface area contributed by atoms with Gasteiger partial charge in [-0.05, 0) is 82.3 Å². The van der Waals surface area contributed by atoms with E-state index in [-0.39, 0.29) is 17.8 Å². The monoisotopic (exact) mass is 570 g/mol. The van der Waals surface area contributed by atoms with Gasteiger partial charge in [0, 0.05) is 5.39 Å². The van der Waals surface area contributed by atoms with Crippen LogP contribution < -0.4 is 24.4 Å². The summed E-state index contributed by atoms with van der Waals surface area (Å²) in [7, 11) is 0. The first-order valence-corrected chi connectivity index (χ1v) is 14.6. The smallest absolute Gasteiger partial charge is 0.338 e. The van der Waals surface area contributed by atoms with E-state index in [9.17, 15) is 9.59 Å². The van der Waals surface area contributed by atoms with Gasteiger partial charge in [-0.25, -0.2) is 9.79 Å². The molecule has 212 valence electrons. The highest BCUT2D eigenvalue weighted by atomic mass is 32.1. The fourth-order valence-corrected chi connectivity index (χ4v) is 6.04. The van der Waals surface area contributed by atoms with E-state index in [2.05, 4.69) is 0 Å². The summed E-state index contributed by atoms with van der Waals surface area (Å²) < 4.78 is 19.4. The quantitative estimate of drug-likeness (QED) is 0.261. The van der Waals surface area contributed by atoms with Crippen LogP contribution in [0, 0.1) is 0 Å². The van der Waals surface area contributed by atoms with Gasteiger partial charge in [0.25, 0.3) is 5.56 Å². The van der Waals surface area contributed by atoms with Gasteiger partial charge in [-0.15, -0.1) is 0 Å². The fraction of sp³-hybridized carbons (Fsp3) is 0.303. The lowest BCUT2D eigenvalue weighted by atomic mass is 9.96. The molecule has 5 rings (SSSR count). The third-order valence-corrected chi connectivity index (χ3v) is 7.64. The van der Waals surface area contributed by atoms with Crippen LogP contribution in [0.1, 0.15) is 58.7 Å². The Morgan fingerprint density at radius 1 is 1.00 bits per heavy atom. The summed E-state index contributed by atoms with van der Waals surface area (Å²) in [5, 5.41) is 1.96. The van der Waals surface area contributed by atoms with Gasteiger partial charge in [-0.3, -0.25) is 9.36 Å². The summed E-state index contributed by atoms with van der Waals surface area (Å²) in [5.74, 6) is 1.03. The van der Waals surface area contributed by atoms with Crippen LogP contribution in [0.2, 0.25) is 0 Å². The second kappa shape index (κ2) is 11.7. The summed E-state index contributed by atoms with van der Waals surface area (Å²) in [4.78, 5) is 32.7.